The van der Waals surface area contributed by atoms with E-state index in [2.05, 4.69) is 15.5 Å². The lowest BCUT2D eigenvalue weighted by Crippen LogP contribution is -2.34. The van der Waals surface area contributed by atoms with Crippen molar-refractivity contribution < 1.29 is 13.2 Å². The zero-order valence-electron chi connectivity index (χ0n) is 16.6. The summed E-state index contributed by atoms with van der Waals surface area (Å²) in [6, 6.07) is 23.4. The molecule has 156 valence electrons. The highest BCUT2D eigenvalue weighted by Crippen LogP contribution is 2.20. The Morgan fingerprint density at radius 1 is 0.935 bits per heavy atom. The van der Waals surface area contributed by atoms with Crippen molar-refractivity contribution in [2.24, 2.45) is 10.2 Å². The van der Waals surface area contributed by atoms with Crippen LogP contribution in [0.2, 0.25) is 0 Å². The van der Waals surface area contributed by atoms with Gasteiger partial charge in [0.05, 0.1) is 34.4 Å². The van der Waals surface area contributed by atoms with E-state index < -0.39 is 15.9 Å². The number of carbonyl (C=O) groups is 1. The Morgan fingerprint density at radius 2 is 1.52 bits per heavy atom. The zero-order valence-corrected chi connectivity index (χ0v) is 17.5. The van der Waals surface area contributed by atoms with Crippen LogP contribution >= 0.6 is 0 Å². The van der Waals surface area contributed by atoms with Crippen LogP contribution in [0.25, 0.3) is 0 Å². The first kappa shape index (κ1) is 21.8. The van der Waals surface area contributed by atoms with Crippen molar-refractivity contribution in [3.8, 4) is 6.07 Å². The molecule has 0 heterocycles. The SMILES string of the molecule is CN(CC(=O)Nc1ccc(N=Nc2ccccc2)cc1)S(=O)(=O)c1ccc(C#N)cc1. The Kier molecular flexibility index (Phi) is 6.87. The summed E-state index contributed by atoms with van der Waals surface area (Å²) in [7, 11) is -2.54. The number of nitrogens with one attached hydrogen (secondary N) is 1. The molecule has 1 N–H and O–H groups in total. The minimum Gasteiger partial charge on any atom is -0.325 e. The van der Waals surface area contributed by atoms with E-state index in [1.54, 1.807) is 24.3 Å². The van der Waals surface area contributed by atoms with Crippen molar-refractivity contribution in [3.63, 3.8) is 0 Å². The number of carbonyl (C=O) groups excluding carboxylic acids is 1. The third-order valence-electron chi connectivity index (χ3n) is 4.25. The first-order chi connectivity index (χ1) is 14.9. The molecular formula is C22H19N5O3S. The average molecular weight is 433 g/mol. The third kappa shape index (κ3) is 5.82. The molecule has 0 atom stereocenters. The van der Waals surface area contributed by atoms with Gasteiger partial charge in [0.15, 0.2) is 0 Å². The van der Waals surface area contributed by atoms with E-state index >= 15 is 0 Å². The van der Waals surface area contributed by atoms with Crippen LogP contribution in [0, 0.1) is 11.3 Å². The molecular weight excluding hydrogens is 414 g/mol. The van der Waals surface area contributed by atoms with Gasteiger partial charge in [-0.2, -0.15) is 19.8 Å². The number of nitrogens with zero attached hydrogens (tertiary/aromatic N) is 4. The van der Waals surface area contributed by atoms with Crippen LogP contribution in [0.3, 0.4) is 0 Å². The van der Waals surface area contributed by atoms with Crippen LogP contribution in [0.5, 0.6) is 0 Å². The molecule has 31 heavy (non-hydrogen) atoms. The molecule has 0 fully saturated rings. The van der Waals surface area contributed by atoms with Crippen molar-refractivity contribution in [2.45, 2.75) is 4.90 Å². The van der Waals surface area contributed by atoms with Crippen molar-refractivity contribution in [3.05, 3.63) is 84.4 Å². The van der Waals surface area contributed by atoms with Crippen molar-refractivity contribution in [1.29, 1.82) is 5.26 Å². The number of hydrogen-bond acceptors (Lipinski definition) is 6. The van der Waals surface area contributed by atoms with Gasteiger partial charge in [0.2, 0.25) is 15.9 Å². The summed E-state index contributed by atoms with van der Waals surface area (Å²) in [4.78, 5) is 12.3. The lowest BCUT2D eigenvalue weighted by molar-refractivity contribution is -0.116. The standard InChI is InChI=1S/C22H19N5O3S/c1-27(31(29,30)21-13-7-17(15-23)8-14-21)16-22(28)24-18-9-11-20(12-10-18)26-25-19-5-3-2-4-6-19/h2-14H,16H2,1H3,(H,24,28). The molecule has 8 nitrogen and oxygen atoms in total. The third-order valence-corrected chi connectivity index (χ3v) is 6.06. The predicted molar refractivity (Wildman–Crippen MR) is 117 cm³/mol. The quantitative estimate of drug-likeness (QED) is 0.561. The molecule has 0 aromatic heterocycles. The van der Waals surface area contributed by atoms with Crippen LogP contribution in [0.1, 0.15) is 5.56 Å². The van der Waals surface area contributed by atoms with Gasteiger partial charge >= 0.3 is 0 Å². The number of nitriles is 1. The Bertz CT molecular complexity index is 1220. The van der Waals surface area contributed by atoms with Gasteiger partial charge in [0, 0.05) is 12.7 Å². The van der Waals surface area contributed by atoms with E-state index in [-0.39, 0.29) is 11.4 Å². The van der Waals surface area contributed by atoms with Gasteiger partial charge in [-0.05, 0) is 60.7 Å². The topological polar surface area (TPSA) is 115 Å². The number of amides is 1. The molecule has 3 aromatic rings. The maximum absolute atomic E-state index is 12.6. The predicted octanol–water partition coefficient (Wildman–Crippen LogP) is 4.23. The number of hydrogen-bond donors (Lipinski definition) is 1. The lowest BCUT2D eigenvalue weighted by Gasteiger charge is -2.17. The summed E-state index contributed by atoms with van der Waals surface area (Å²) in [5, 5.41) is 19.7. The van der Waals surface area contributed by atoms with E-state index in [9.17, 15) is 13.2 Å². The fraction of sp³-hybridized carbons (Fsp3) is 0.0909. The second kappa shape index (κ2) is 9.75. The van der Waals surface area contributed by atoms with Gasteiger partial charge in [-0.25, -0.2) is 8.42 Å². The summed E-state index contributed by atoms with van der Waals surface area (Å²) < 4.78 is 26.1. The van der Waals surface area contributed by atoms with E-state index in [1.165, 1.54) is 31.3 Å². The Balaban J connectivity index is 1.59. The van der Waals surface area contributed by atoms with E-state index in [0.717, 1.165) is 9.99 Å². The second-order valence-electron chi connectivity index (χ2n) is 6.53. The highest BCUT2D eigenvalue weighted by Gasteiger charge is 2.23. The monoisotopic (exact) mass is 433 g/mol. The van der Waals surface area contributed by atoms with Crippen LogP contribution in [-0.2, 0) is 14.8 Å². The van der Waals surface area contributed by atoms with E-state index in [0.29, 0.717) is 16.9 Å². The number of benzene rings is 3. The lowest BCUT2D eigenvalue weighted by atomic mass is 10.2. The minimum atomic E-state index is -3.86. The first-order valence-corrected chi connectivity index (χ1v) is 10.7. The minimum absolute atomic E-state index is 0.00919. The van der Waals surface area contributed by atoms with Gasteiger partial charge in [0.1, 0.15) is 0 Å². The number of sulfonamides is 1. The van der Waals surface area contributed by atoms with Gasteiger partial charge in [0.25, 0.3) is 0 Å². The summed E-state index contributed by atoms with van der Waals surface area (Å²) in [6.07, 6.45) is 0. The molecule has 0 spiro atoms. The number of likely N-dealkylation sites (N-methyl/N-ethyl adjacent to an activating group) is 1. The highest BCUT2D eigenvalue weighted by atomic mass is 32.2. The molecule has 0 unspecified atom stereocenters. The first-order valence-electron chi connectivity index (χ1n) is 9.22. The molecule has 0 saturated heterocycles. The molecule has 0 saturated carbocycles. The van der Waals surface area contributed by atoms with Crippen LogP contribution in [0.15, 0.2) is 94.0 Å². The number of rotatable bonds is 7. The smallest absolute Gasteiger partial charge is 0.243 e. The molecule has 0 aliphatic carbocycles. The normalized spacial score (nSPS) is 11.4. The zero-order chi connectivity index (χ0) is 22.3. The number of anilines is 1. The maximum atomic E-state index is 12.6. The van der Waals surface area contributed by atoms with Gasteiger partial charge in [-0.15, -0.1) is 0 Å². The van der Waals surface area contributed by atoms with Crippen molar-refractivity contribution >= 4 is 33.0 Å². The molecule has 3 rings (SSSR count). The van der Waals surface area contributed by atoms with Crippen LogP contribution in [-0.4, -0.2) is 32.2 Å². The summed E-state index contributed by atoms with van der Waals surface area (Å²) in [5.41, 5.74) is 2.20. The fourth-order valence-electron chi connectivity index (χ4n) is 2.59. The van der Waals surface area contributed by atoms with E-state index in [4.69, 9.17) is 5.26 Å². The van der Waals surface area contributed by atoms with Gasteiger partial charge in [-0.1, -0.05) is 18.2 Å². The van der Waals surface area contributed by atoms with Crippen LogP contribution in [0.4, 0.5) is 17.1 Å². The Morgan fingerprint density at radius 3 is 2.10 bits per heavy atom. The van der Waals surface area contributed by atoms with E-state index in [1.807, 2.05) is 36.4 Å². The summed E-state index contributed by atoms with van der Waals surface area (Å²) in [6.45, 7) is -0.363. The molecule has 1 amide bonds. The molecule has 0 aliphatic heterocycles. The molecule has 3 aromatic carbocycles. The number of azo groups is 1. The average Bonchev–Trinajstić information content (AvgIpc) is 2.79. The maximum Gasteiger partial charge on any atom is 0.243 e. The van der Waals surface area contributed by atoms with Crippen molar-refractivity contribution in [1.82, 2.24) is 4.31 Å². The Labute approximate surface area is 180 Å². The largest absolute Gasteiger partial charge is 0.325 e. The molecule has 9 heteroatoms. The Hall–Kier alpha value is -3.87. The fourth-order valence-corrected chi connectivity index (χ4v) is 3.72. The van der Waals surface area contributed by atoms with Crippen LogP contribution < -0.4 is 5.32 Å². The summed E-state index contributed by atoms with van der Waals surface area (Å²) >= 11 is 0. The molecule has 0 aliphatic rings. The second-order valence-corrected chi connectivity index (χ2v) is 8.57. The van der Waals surface area contributed by atoms with Gasteiger partial charge < -0.3 is 5.32 Å². The summed E-state index contributed by atoms with van der Waals surface area (Å²) in [5.74, 6) is -0.488. The van der Waals surface area contributed by atoms with Crippen molar-refractivity contribution in [2.75, 3.05) is 18.9 Å². The molecule has 0 radical (unpaired) electrons. The van der Waals surface area contributed by atoms with Gasteiger partial charge in [-0.3, -0.25) is 4.79 Å². The molecule has 0 bridgehead atoms. The highest BCUT2D eigenvalue weighted by molar-refractivity contribution is 7.89.